The summed E-state index contributed by atoms with van der Waals surface area (Å²) in [7, 11) is 0. The minimum Gasteiger partial charge on any atom is -0.322 e. The molecule has 4 heteroatoms. The van der Waals surface area contributed by atoms with Gasteiger partial charge >= 0.3 is 0 Å². The first-order valence-corrected chi connectivity index (χ1v) is 10.5. The van der Waals surface area contributed by atoms with Gasteiger partial charge in [-0.25, -0.2) is 0 Å². The monoisotopic (exact) mass is 387 g/mol. The molecule has 2 aromatic carbocycles. The summed E-state index contributed by atoms with van der Waals surface area (Å²) in [5.74, 6) is 0.0789. The first-order valence-electron chi connectivity index (χ1n) is 10.5. The van der Waals surface area contributed by atoms with Crippen molar-refractivity contribution in [1.82, 2.24) is 4.90 Å². The van der Waals surface area contributed by atoms with Gasteiger partial charge in [0.1, 0.15) is 0 Å². The zero-order chi connectivity index (χ0) is 20.8. The Balaban J connectivity index is 1.62. The van der Waals surface area contributed by atoms with Crippen LogP contribution >= 0.6 is 0 Å². The molecule has 1 saturated heterocycles. The largest absolute Gasteiger partial charge is 0.322 e. The van der Waals surface area contributed by atoms with Gasteiger partial charge in [0.25, 0.3) is 5.91 Å². The summed E-state index contributed by atoms with van der Waals surface area (Å²) in [5.41, 5.74) is 5.75. The summed E-state index contributed by atoms with van der Waals surface area (Å²) in [4.78, 5) is 15.4. The third-order valence-corrected chi connectivity index (χ3v) is 6.42. The molecule has 0 radical (unpaired) electrons. The number of nitrogens with zero attached hydrogens (tertiary/aromatic N) is 2. The van der Waals surface area contributed by atoms with Gasteiger partial charge in [0.15, 0.2) is 0 Å². The van der Waals surface area contributed by atoms with Crippen LogP contribution in [0.1, 0.15) is 85.1 Å². The lowest BCUT2D eigenvalue weighted by atomic mass is 9.76. The third kappa shape index (κ3) is 3.56. The van der Waals surface area contributed by atoms with Gasteiger partial charge in [-0.1, -0.05) is 39.8 Å². The fourth-order valence-electron chi connectivity index (χ4n) is 4.99. The van der Waals surface area contributed by atoms with E-state index in [0.717, 1.165) is 24.3 Å². The van der Waals surface area contributed by atoms with Crippen molar-refractivity contribution in [3.63, 3.8) is 0 Å². The number of rotatable bonds is 3. The maximum absolute atomic E-state index is 12.9. The first kappa shape index (κ1) is 19.7. The quantitative estimate of drug-likeness (QED) is 0.771. The van der Waals surface area contributed by atoms with Gasteiger partial charge in [0.2, 0.25) is 0 Å². The van der Waals surface area contributed by atoms with Gasteiger partial charge in [-0.2, -0.15) is 5.26 Å². The van der Waals surface area contributed by atoms with Crippen molar-refractivity contribution < 1.29 is 4.79 Å². The van der Waals surface area contributed by atoms with Crippen molar-refractivity contribution >= 4 is 11.6 Å². The van der Waals surface area contributed by atoms with Crippen LogP contribution in [0.4, 0.5) is 5.69 Å². The molecule has 1 atom stereocenters. The first-order chi connectivity index (χ1) is 13.8. The highest BCUT2D eigenvalue weighted by Crippen LogP contribution is 2.45. The Hall–Kier alpha value is -2.64. The van der Waals surface area contributed by atoms with E-state index < -0.39 is 0 Å². The average Bonchev–Trinajstić information content (AvgIpc) is 3.14. The Morgan fingerprint density at radius 1 is 1.24 bits per heavy atom. The van der Waals surface area contributed by atoms with Crippen molar-refractivity contribution in [2.24, 2.45) is 0 Å². The number of nitrogens with one attached hydrogen (secondary N) is 1. The average molecular weight is 388 g/mol. The molecule has 0 saturated carbocycles. The molecule has 2 aliphatic rings. The van der Waals surface area contributed by atoms with Gasteiger partial charge in [0.05, 0.1) is 11.6 Å². The topological polar surface area (TPSA) is 56.1 Å². The SMILES string of the molecule is CC(C)c1ccc(C(=O)Nc2ccc3c(c2)C2CCCN2CC3(C)C)cc1C#N. The van der Waals surface area contributed by atoms with Crippen LogP contribution in [-0.2, 0) is 5.41 Å². The molecule has 1 unspecified atom stereocenters. The maximum Gasteiger partial charge on any atom is 0.255 e. The molecule has 1 amide bonds. The van der Waals surface area contributed by atoms with Crippen molar-refractivity contribution in [2.45, 2.75) is 57.9 Å². The van der Waals surface area contributed by atoms with E-state index in [1.807, 2.05) is 18.2 Å². The number of carbonyl (C=O) groups is 1. The maximum atomic E-state index is 12.9. The summed E-state index contributed by atoms with van der Waals surface area (Å²) in [6.07, 6.45) is 2.42. The van der Waals surface area contributed by atoms with Crippen LogP contribution in [0, 0.1) is 11.3 Å². The number of benzene rings is 2. The van der Waals surface area contributed by atoms with E-state index in [2.05, 4.69) is 56.1 Å². The molecule has 0 bridgehead atoms. The highest BCUT2D eigenvalue weighted by Gasteiger charge is 2.39. The van der Waals surface area contributed by atoms with Crippen molar-refractivity contribution in [3.8, 4) is 6.07 Å². The van der Waals surface area contributed by atoms with Gasteiger partial charge in [-0.05, 0) is 66.3 Å². The second-order valence-corrected chi connectivity index (χ2v) is 9.34. The smallest absolute Gasteiger partial charge is 0.255 e. The fourth-order valence-corrected chi connectivity index (χ4v) is 4.99. The number of amides is 1. The van der Waals surface area contributed by atoms with E-state index in [-0.39, 0.29) is 17.2 Å². The molecule has 1 N–H and O–H groups in total. The van der Waals surface area contributed by atoms with E-state index in [4.69, 9.17) is 0 Å². The second kappa shape index (κ2) is 7.31. The lowest BCUT2D eigenvalue weighted by molar-refractivity contribution is 0.102. The molecule has 1 fully saturated rings. The van der Waals surface area contributed by atoms with E-state index in [0.29, 0.717) is 17.2 Å². The lowest BCUT2D eigenvalue weighted by Crippen LogP contribution is -2.42. The molecule has 2 aliphatic heterocycles. The van der Waals surface area contributed by atoms with Crippen LogP contribution in [0.3, 0.4) is 0 Å². The molecule has 0 aliphatic carbocycles. The zero-order valence-corrected chi connectivity index (χ0v) is 17.7. The second-order valence-electron chi connectivity index (χ2n) is 9.34. The standard InChI is InChI=1S/C25H29N3O/c1-16(2)20-9-7-17(12-18(20)14-26)24(29)27-19-8-10-22-21(13-19)23-6-5-11-28(23)15-25(22,3)4/h7-10,12-13,16,23H,5-6,11,15H2,1-4H3,(H,27,29). The van der Waals surface area contributed by atoms with Gasteiger partial charge in [-0.3, -0.25) is 9.69 Å². The lowest BCUT2D eigenvalue weighted by Gasteiger charge is -2.42. The molecule has 0 aromatic heterocycles. The minimum atomic E-state index is -0.171. The highest BCUT2D eigenvalue weighted by atomic mass is 16.1. The summed E-state index contributed by atoms with van der Waals surface area (Å²) >= 11 is 0. The zero-order valence-electron chi connectivity index (χ0n) is 17.7. The van der Waals surface area contributed by atoms with Crippen LogP contribution in [0.25, 0.3) is 0 Å². The normalized spacial score (nSPS) is 20.1. The molecular weight excluding hydrogens is 358 g/mol. The third-order valence-electron chi connectivity index (χ3n) is 6.42. The Labute approximate surface area is 173 Å². The van der Waals surface area contributed by atoms with Crippen LogP contribution in [0.15, 0.2) is 36.4 Å². The predicted octanol–water partition coefficient (Wildman–Crippen LogP) is 5.36. The van der Waals surface area contributed by atoms with Gasteiger partial charge < -0.3 is 5.32 Å². The number of anilines is 1. The Kier molecular flexibility index (Phi) is 4.96. The Morgan fingerprint density at radius 2 is 2.03 bits per heavy atom. The number of nitriles is 1. The minimum absolute atomic E-state index is 0.118. The fraction of sp³-hybridized carbons (Fsp3) is 0.440. The van der Waals surface area contributed by atoms with E-state index in [1.165, 1.54) is 24.0 Å². The van der Waals surface area contributed by atoms with E-state index >= 15 is 0 Å². The highest BCUT2D eigenvalue weighted by molar-refractivity contribution is 6.04. The predicted molar refractivity (Wildman–Crippen MR) is 116 cm³/mol. The van der Waals surface area contributed by atoms with Crippen molar-refractivity contribution in [1.29, 1.82) is 5.26 Å². The summed E-state index contributed by atoms with van der Waals surface area (Å²) < 4.78 is 0. The van der Waals surface area contributed by atoms with E-state index in [1.54, 1.807) is 6.07 Å². The van der Waals surface area contributed by atoms with Gasteiger partial charge in [-0.15, -0.1) is 0 Å². The summed E-state index contributed by atoms with van der Waals surface area (Å²) in [6, 6.07) is 14.4. The van der Waals surface area contributed by atoms with Crippen molar-refractivity contribution in [2.75, 3.05) is 18.4 Å². The number of fused-ring (bicyclic) bond motifs is 3. The van der Waals surface area contributed by atoms with Crippen molar-refractivity contribution in [3.05, 3.63) is 64.2 Å². The van der Waals surface area contributed by atoms with Gasteiger partial charge in [0, 0.05) is 29.3 Å². The molecular formula is C25H29N3O. The Morgan fingerprint density at radius 3 is 2.76 bits per heavy atom. The summed E-state index contributed by atoms with van der Waals surface area (Å²) in [6.45, 7) is 11.0. The number of hydrogen-bond acceptors (Lipinski definition) is 3. The molecule has 150 valence electrons. The van der Waals surface area contributed by atoms with Crippen LogP contribution in [0.5, 0.6) is 0 Å². The number of carbonyl (C=O) groups excluding carboxylic acids is 1. The number of hydrogen-bond donors (Lipinski definition) is 1. The van der Waals surface area contributed by atoms with Crippen LogP contribution in [0.2, 0.25) is 0 Å². The summed E-state index contributed by atoms with van der Waals surface area (Å²) in [5, 5.41) is 12.5. The molecule has 2 aromatic rings. The Bertz CT molecular complexity index is 1000. The molecule has 29 heavy (non-hydrogen) atoms. The van der Waals surface area contributed by atoms with E-state index in [9.17, 15) is 10.1 Å². The van der Waals surface area contributed by atoms with Crippen LogP contribution in [-0.4, -0.2) is 23.9 Å². The molecule has 4 rings (SSSR count). The molecule has 0 spiro atoms. The molecule has 4 nitrogen and oxygen atoms in total. The molecule has 2 heterocycles. The van der Waals surface area contributed by atoms with Crippen LogP contribution < -0.4 is 5.32 Å².